The minimum absolute atomic E-state index is 0.00745. The second kappa shape index (κ2) is 7.48. The van der Waals surface area contributed by atoms with E-state index in [1.54, 1.807) is 10.4 Å². The first-order valence-corrected chi connectivity index (χ1v) is 9.00. The van der Waals surface area contributed by atoms with E-state index in [9.17, 15) is 8.42 Å². The second-order valence-electron chi connectivity index (χ2n) is 5.29. The zero-order chi connectivity index (χ0) is 15.3. The molecule has 0 atom stereocenters. The summed E-state index contributed by atoms with van der Waals surface area (Å²) in [5.74, 6) is 0.900. The predicted molar refractivity (Wildman–Crippen MR) is 81.4 cm³/mol. The monoisotopic (exact) mass is 321 g/mol. The van der Waals surface area contributed by atoms with Crippen LogP contribution < -0.4 is 0 Å². The Morgan fingerprint density at radius 2 is 1.85 bits per heavy atom. The highest BCUT2D eigenvalue weighted by molar-refractivity contribution is 7.89. The molecule has 0 aliphatic rings. The van der Waals surface area contributed by atoms with Crippen molar-refractivity contribution in [3.63, 3.8) is 0 Å². The maximum absolute atomic E-state index is 12.7. The maximum atomic E-state index is 12.7. The summed E-state index contributed by atoms with van der Waals surface area (Å²) in [5, 5.41) is -0.0132. The Bertz CT molecular complexity index is 506. The van der Waals surface area contributed by atoms with Crippen LogP contribution in [-0.4, -0.2) is 25.3 Å². The summed E-state index contributed by atoms with van der Waals surface area (Å²) < 4.78 is 32.4. The molecule has 0 fully saturated rings. The van der Waals surface area contributed by atoms with Gasteiger partial charge in [0.25, 0.3) is 10.0 Å². The molecular formula is C14H24ClNO3S. The molecule has 0 aromatic carbocycles. The fourth-order valence-corrected chi connectivity index (χ4v) is 4.20. The maximum Gasteiger partial charge on any atom is 0.276 e. The van der Waals surface area contributed by atoms with Crippen LogP contribution in [0.3, 0.4) is 0 Å². The molecule has 0 unspecified atom stereocenters. The third-order valence-electron chi connectivity index (χ3n) is 3.23. The van der Waals surface area contributed by atoms with Crippen LogP contribution in [0.15, 0.2) is 21.6 Å². The van der Waals surface area contributed by atoms with Gasteiger partial charge in [-0.3, -0.25) is 0 Å². The molecule has 0 amide bonds. The Balaban J connectivity index is 3.15. The lowest BCUT2D eigenvalue weighted by Gasteiger charge is -2.30. The van der Waals surface area contributed by atoms with E-state index in [0.29, 0.717) is 12.3 Å². The lowest BCUT2D eigenvalue weighted by Crippen LogP contribution is -2.41. The Kier molecular flexibility index (Phi) is 6.55. The zero-order valence-corrected chi connectivity index (χ0v) is 14.2. The molecule has 0 aliphatic carbocycles. The molecule has 4 nitrogen and oxygen atoms in total. The summed E-state index contributed by atoms with van der Waals surface area (Å²) in [6.45, 7) is 8.52. The van der Waals surface area contributed by atoms with Gasteiger partial charge >= 0.3 is 0 Å². The predicted octanol–water partition coefficient (Wildman–Crippen LogP) is 3.85. The van der Waals surface area contributed by atoms with Crippen molar-refractivity contribution in [1.82, 2.24) is 4.31 Å². The summed E-state index contributed by atoms with van der Waals surface area (Å²) in [6.07, 6.45) is 1.57. The largest absolute Gasteiger partial charge is 0.447 e. The molecule has 0 spiro atoms. The third kappa shape index (κ3) is 3.99. The molecule has 6 heteroatoms. The average molecular weight is 322 g/mol. The Morgan fingerprint density at radius 1 is 1.25 bits per heavy atom. The van der Waals surface area contributed by atoms with E-state index in [1.165, 1.54) is 6.07 Å². The SMILES string of the molecule is CCC(CC)N(CC(C)C)S(=O)(=O)c1ccc(CCl)o1. The average Bonchev–Trinajstić information content (AvgIpc) is 2.88. The molecule has 0 aliphatic heterocycles. The van der Waals surface area contributed by atoms with Crippen LogP contribution in [-0.2, 0) is 15.9 Å². The minimum atomic E-state index is -3.60. The standard InChI is InChI=1S/C14H24ClNO3S/c1-5-12(6-2)16(10-11(3)4)20(17,18)14-8-7-13(9-15)19-14/h7-8,11-12H,5-6,9-10H2,1-4H3. The molecule has 1 aromatic rings. The summed E-state index contributed by atoms with van der Waals surface area (Å²) in [7, 11) is -3.60. The van der Waals surface area contributed by atoms with Crippen LogP contribution in [0.1, 0.15) is 46.3 Å². The number of halogens is 1. The van der Waals surface area contributed by atoms with Crippen molar-refractivity contribution in [3.8, 4) is 0 Å². The minimum Gasteiger partial charge on any atom is -0.447 e. The van der Waals surface area contributed by atoms with Gasteiger partial charge in [0, 0.05) is 12.6 Å². The van der Waals surface area contributed by atoms with Crippen LogP contribution in [0.5, 0.6) is 0 Å². The van der Waals surface area contributed by atoms with Crippen molar-refractivity contribution in [1.29, 1.82) is 0 Å². The van der Waals surface area contributed by atoms with Crippen LogP contribution in [0.4, 0.5) is 0 Å². The van der Waals surface area contributed by atoms with Gasteiger partial charge in [-0.15, -0.1) is 11.6 Å². The van der Waals surface area contributed by atoms with Crippen molar-refractivity contribution in [2.45, 2.75) is 57.6 Å². The van der Waals surface area contributed by atoms with E-state index < -0.39 is 10.0 Å². The van der Waals surface area contributed by atoms with Crippen molar-refractivity contribution in [2.24, 2.45) is 5.92 Å². The van der Waals surface area contributed by atoms with Crippen molar-refractivity contribution in [3.05, 3.63) is 17.9 Å². The topological polar surface area (TPSA) is 50.5 Å². The number of alkyl halides is 1. The molecule has 1 heterocycles. The number of nitrogens with zero attached hydrogens (tertiary/aromatic N) is 1. The van der Waals surface area contributed by atoms with E-state index in [1.807, 2.05) is 27.7 Å². The Morgan fingerprint density at radius 3 is 2.25 bits per heavy atom. The number of hydrogen-bond donors (Lipinski definition) is 0. The summed E-state index contributed by atoms with van der Waals surface area (Å²) in [5.41, 5.74) is 0. The first-order valence-electron chi connectivity index (χ1n) is 7.03. The molecule has 0 radical (unpaired) electrons. The Hall–Kier alpha value is -0.520. The first kappa shape index (κ1) is 17.5. The highest BCUT2D eigenvalue weighted by atomic mass is 35.5. The van der Waals surface area contributed by atoms with Crippen LogP contribution in [0, 0.1) is 5.92 Å². The molecule has 1 rings (SSSR count). The molecule has 0 bridgehead atoms. The van der Waals surface area contributed by atoms with Gasteiger partial charge in [-0.2, -0.15) is 4.31 Å². The van der Waals surface area contributed by atoms with Gasteiger partial charge in [0.1, 0.15) is 5.76 Å². The number of rotatable bonds is 8. The van der Waals surface area contributed by atoms with Gasteiger partial charge in [0.2, 0.25) is 5.09 Å². The third-order valence-corrected chi connectivity index (χ3v) is 5.28. The number of hydrogen-bond acceptors (Lipinski definition) is 3. The molecule has 0 N–H and O–H groups in total. The second-order valence-corrected chi connectivity index (χ2v) is 7.38. The van der Waals surface area contributed by atoms with Gasteiger partial charge in [0.15, 0.2) is 0 Å². The molecular weight excluding hydrogens is 298 g/mol. The first-order chi connectivity index (χ1) is 9.36. The molecule has 20 heavy (non-hydrogen) atoms. The van der Waals surface area contributed by atoms with Gasteiger partial charge in [-0.1, -0.05) is 27.7 Å². The Labute approximate surface area is 127 Å². The summed E-state index contributed by atoms with van der Waals surface area (Å²) >= 11 is 5.67. The molecule has 0 saturated heterocycles. The molecule has 1 aromatic heterocycles. The van der Waals surface area contributed by atoms with E-state index in [2.05, 4.69) is 0 Å². The number of sulfonamides is 1. The normalized spacial score (nSPS) is 12.8. The zero-order valence-electron chi connectivity index (χ0n) is 12.6. The highest BCUT2D eigenvalue weighted by Crippen LogP contribution is 2.25. The van der Waals surface area contributed by atoms with Crippen LogP contribution >= 0.6 is 11.6 Å². The molecule has 0 saturated carbocycles. The summed E-state index contributed by atoms with van der Waals surface area (Å²) in [4.78, 5) is 0. The lowest BCUT2D eigenvalue weighted by molar-refractivity contribution is 0.268. The quantitative estimate of drug-likeness (QED) is 0.683. The van der Waals surface area contributed by atoms with Crippen molar-refractivity contribution < 1.29 is 12.8 Å². The molecule has 116 valence electrons. The van der Waals surface area contributed by atoms with Gasteiger partial charge in [-0.25, -0.2) is 8.42 Å². The highest BCUT2D eigenvalue weighted by Gasteiger charge is 2.32. The lowest BCUT2D eigenvalue weighted by atomic mass is 10.1. The summed E-state index contributed by atoms with van der Waals surface area (Å²) in [6, 6.07) is 3.09. The number of furan rings is 1. The van der Waals surface area contributed by atoms with E-state index in [4.69, 9.17) is 16.0 Å². The van der Waals surface area contributed by atoms with E-state index in [0.717, 1.165) is 12.8 Å². The van der Waals surface area contributed by atoms with Gasteiger partial charge < -0.3 is 4.42 Å². The van der Waals surface area contributed by atoms with Crippen LogP contribution in [0.25, 0.3) is 0 Å². The fraction of sp³-hybridized carbons (Fsp3) is 0.714. The van der Waals surface area contributed by atoms with Gasteiger partial charge in [-0.05, 0) is 30.9 Å². The smallest absolute Gasteiger partial charge is 0.276 e. The van der Waals surface area contributed by atoms with E-state index in [-0.39, 0.29) is 22.9 Å². The van der Waals surface area contributed by atoms with Crippen LogP contribution in [0.2, 0.25) is 0 Å². The van der Waals surface area contributed by atoms with E-state index >= 15 is 0 Å². The van der Waals surface area contributed by atoms with Crippen molar-refractivity contribution >= 4 is 21.6 Å². The van der Waals surface area contributed by atoms with Crippen molar-refractivity contribution in [2.75, 3.05) is 6.54 Å². The fourth-order valence-electron chi connectivity index (χ4n) is 2.18. The van der Waals surface area contributed by atoms with Gasteiger partial charge in [0.05, 0.1) is 5.88 Å².